The topological polar surface area (TPSA) is 0 Å². The number of alkyl halides is 7. The van der Waals surface area contributed by atoms with E-state index in [1.807, 2.05) is 13.8 Å². The van der Waals surface area contributed by atoms with E-state index < -0.39 is 23.5 Å². The van der Waals surface area contributed by atoms with E-state index in [1.54, 1.807) is 0 Å². The molecule has 1 rings (SSSR count). The van der Waals surface area contributed by atoms with Crippen LogP contribution in [-0.4, -0.2) is 5.33 Å². The van der Waals surface area contributed by atoms with Gasteiger partial charge < -0.3 is 0 Å². The molecule has 0 heterocycles. The fraction of sp³-hybridized carbons (Fsp3) is 0.429. The number of hydrogen-bond acceptors (Lipinski definition) is 0. The van der Waals surface area contributed by atoms with Gasteiger partial charge in [0, 0.05) is 5.33 Å². The van der Waals surface area contributed by atoms with Crippen molar-refractivity contribution in [1.29, 1.82) is 0 Å². The Kier molecular flexibility index (Phi) is 5.52. The zero-order valence-corrected chi connectivity index (χ0v) is 12.8. The van der Waals surface area contributed by atoms with Crippen LogP contribution in [-0.2, 0) is 12.4 Å². The Labute approximate surface area is 127 Å². The lowest BCUT2D eigenvalue weighted by Gasteiger charge is -2.14. The van der Waals surface area contributed by atoms with E-state index in [9.17, 15) is 26.3 Å². The van der Waals surface area contributed by atoms with Gasteiger partial charge in [-0.1, -0.05) is 41.4 Å². The Morgan fingerprint density at radius 2 is 1.43 bits per heavy atom. The minimum atomic E-state index is -4.82. The van der Waals surface area contributed by atoms with Gasteiger partial charge in [0.05, 0.1) is 11.1 Å². The van der Waals surface area contributed by atoms with Gasteiger partial charge in [-0.3, -0.25) is 0 Å². The van der Waals surface area contributed by atoms with Gasteiger partial charge in [-0.25, -0.2) is 0 Å². The summed E-state index contributed by atoms with van der Waals surface area (Å²) in [6.45, 7) is 3.62. The molecule has 0 bridgehead atoms. The molecule has 7 heteroatoms. The van der Waals surface area contributed by atoms with Crippen molar-refractivity contribution in [3.63, 3.8) is 0 Å². The summed E-state index contributed by atoms with van der Waals surface area (Å²) in [6.07, 6.45) is -8.30. The fourth-order valence-corrected chi connectivity index (χ4v) is 2.45. The molecule has 0 saturated carbocycles. The summed E-state index contributed by atoms with van der Waals surface area (Å²) in [5.41, 5.74) is -2.01. The smallest absolute Gasteiger partial charge is 0.166 e. The molecular formula is C14H13BrF6. The first-order valence-corrected chi connectivity index (χ1v) is 7.13. The SMILES string of the molecule is CC(C)C(=Cc1cc(C(F)(F)F)cc(C(F)(F)F)c1)CBr. The van der Waals surface area contributed by atoms with Crippen molar-refractivity contribution in [2.45, 2.75) is 26.2 Å². The second-order valence-corrected chi connectivity index (χ2v) is 5.41. The number of halogens is 7. The molecule has 0 atom stereocenters. The minimum Gasteiger partial charge on any atom is -0.166 e. The number of hydrogen-bond donors (Lipinski definition) is 0. The third-order valence-corrected chi connectivity index (χ3v) is 3.51. The normalized spacial score (nSPS) is 13.9. The number of allylic oxidation sites excluding steroid dienone is 1. The van der Waals surface area contributed by atoms with E-state index in [1.165, 1.54) is 6.08 Å². The number of rotatable bonds is 3. The lowest BCUT2D eigenvalue weighted by molar-refractivity contribution is -0.143. The Balaban J connectivity index is 3.46. The van der Waals surface area contributed by atoms with Gasteiger partial charge >= 0.3 is 12.4 Å². The first-order chi connectivity index (χ1) is 9.45. The van der Waals surface area contributed by atoms with Crippen LogP contribution in [0.1, 0.15) is 30.5 Å². The zero-order chi connectivity index (χ0) is 16.4. The van der Waals surface area contributed by atoms with Gasteiger partial charge in [0.2, 0.25) is 0 Å². The highest BCUT2D eigenvalue weighted by atomic mass is 79.9. The average molecular weight is 375 g/mol. The highest BCUT2D eigenvalue weighted by molar-refractivity contribution is 9.09. The lowest BCUT2D eigenvalue weighted by Crippen LogP contribution is -2.11. The summed E-state index contributed by atoms with van der Waals surface area (Å²) in [5, 5.41) is 0.377. The van der Waals surface area contributed by atoms with Crippen LogP contribution in [0, 0.1) is 5.92 Å². The lowest BCUT2D eigenvalue weighted by atomic mass is 9.99. The Hall–Kier alpha value is -0.980. The molecule has 0 nitrogen and oxygen atoms in total. The average Bonchev–Trinajstić information content (AvgIpc) is 2.33. The predicted octanol–water partition coefficient (Wildman–Crippen LogP) is 6.16. The second-order valence-electron chi connectivity index (χ2n) is 4.85. The molecule has 0 spiro atoms. The van der Waals surface area contributed by atoms with Crippen molar-refractivity contribution in [3.8, 4) is 0 Å². The molecule has 0 saturated heterocycles. The van der Waals surface area contributed by atoms with Crippen molar-refractivity contribution >= 4 is 22.0 Å². The molecule has 21 heavy (non-hydrogen) atoms. The Morgan fingerprint density at radius 3 is 1.71 bits per heavy atom. The van der Waals surface area contributed by atoms with E-state index in [2.05, 4.69) is 15.9 Å². The van der Waals surface area contributed by atoms with Crippen LogP contribution in [0.3, 0.4) is 0 Å². The minimum absolute atomic E-state index is 0.00764. The van der Waals surface area contributed by atoms with Crippen LogP contribution < -0.4 is 0 Å². The summed E-state index contributed by atoms with van der Waals surface area (Å²) >= 11 is 3.18. The molecule has 0 aliphatic rings. The second kappa shape index (κ2) is 6.42. The summed E-state index contributed by atoms with van der Waals surface area (Å²) in [4.78, 5) is 0. The molecule has 0 aliphatic carbocycles. The van der Waals surface area contributed by atoms with Crippen LogP contribution in [0.15, 0.2) is 23.8 Å². The molecule has 0 unspecified atom stereocenters. The van der Waals surface area contributed by atoms with Crippen LogP contribution in [0.25, 0.3) is 6.08 Å². The van der Waals surface area contributed by atoms with Crippen LogP contribution in [0.2, 0.25) is 0 Å². The summed E-state index contributed by atoms with van der Waals surface area (Å²) in [7, 11) is 0. The maximum atomic E-state index is 12.7. The Bertz CT molecular complexity index is 493. The van der Waals surface area contributed by atoms with Crippen LogP contribution >= 0.6 is 15.9 Å². The third-order valence-electron chi connectivity index (χ3n) is 2.86. The first-order valence-electron chi connectivity index (χ1n) is 6.01. The third kappa shape index (κ3) is 5.05. The maximum absolute atomic E-state index is 12.7. The molecule has 0 N–H and O–H groups in total. The van der Waals surface area contributed by atoms with Gasteiger partial charge in [-0.2, -0.15) is 26.3 Å². The van der Waals surface area contributed by atoms with E-state index >= 15 is 0 Å². The molecule has 118 valence electrons. The first kappa shape index (κ1) is 18.1. The molecule has 1 aromatic carbocycles. The Morgan fingerprint density at radius 1 is 1.00 bits per heavy atom. The van der Waals surface area contributed by atoms with Crippen LogP contribution in [0.5, 0.6) is 0 Å². The van der Waals surface area contributed by atoms with Gasteiger partial charge in [0.15, 0.2) is 0 Å². The van der Waals surface area contributed by atoms with Crippen molar-refractivity contribution in [2.75, 3.05) is 5.33 Å². The van der Waals surface area contributed by atoms with E-state index in [4.69, 9.17) is 0 Å². The van der Waals surface area contributed by atoms with Gasteiger partial charge in [0.25, 0.3) is 0 Å². The molecule has 0 aromatic heterocycles. The predicted molar refractivity (Wildman–Crippen MR) is 73.1 cm³/mol. The summed E-state index contributed by atoms with van der Waals surface area (Å²) < 4.78 is 76.3. The van der Waals surface area contributed by atoms with Gasteiger partial charge in [-0.15, -0.1) is 0 Å². The molecule has 0 radical (unpaired) electrons. The van der Waals surface area contributed by atoms with E-state index in [0.717, 1.165) is 12.1 Å². The molecular weight excluding hydrogens is 362 g/mol. The summed E-state index contributed by atoms with van der Waals surface area (Å²) in [6, 6.07) is 1.57. The van der Waals surface area contributed by atoms with Crippen molar-refractivity contribution < 1.29 is 26.3 Å². The maximum Gasteiger partial charge on any atom is 0.416 e. The zero-order valence-electron chi connectivity index (χ0n) is 11.2. The molecule has 0 fully saturated rings. The summed E-state index contributed by atoms with van der Waals surface area (Å²) in [5.74, 6) is 0.00764. The van der Waals surface area contributed by atoms with Crippen LogP contribution in [0.4, 0.5) is 26.3 Å². The van der Waals surface area contributed by atoms with Crippen molar-refractivity contribution in [2.24, 2.45) is 5.92 Å². The van der Waals surface area contributed by atoms with Gasteiger partial charge in [0.1, 0.15) is 0 Å². The highest BCUT2D eigenvalue weighted by Gasteiger charge is 2.36. The molecule has 1 aromatic rings. The van der Waals surface area contributed by atoms with E-state index in [-0.39, 0.29) is 17.5 Å². The highest BCUT2D eigenvalue weighted by Crippen LogP contribution is 2.37. The van der Waals surface area contributed by atoms with Crippen molar-refractivity contribution in [1.82, 2.24) is 0 Å². The largest absolute Gasteiger partial charge is 0.416 e. The fourth-order valence-electron chi connectivity index (χ4n) is 1.64. The molecule has 0 amide bonds. The van der Waals surface area contributed by atoms with E-state index in [0.29, 0.717) is 10.9 Å². The van der Waals surface area contributed by atoms with Crippen molar-refractivity contribution in [3.05, 3.63) is 40.5 Å². The standard InChI is InChI=1S/C14H13BrF6/c1-8(2)10(7-15)3-9-4-11(13(16,17)18)6-12(5-9)14(19,20)21/h3-6,8H,7H2,1-2H3. The molecule has 0 aliphatic heterocycles. The number of benzene rings is 1. The monoisotopic (exact) mass is 374 g/mol. The quantitative estimate of drug-likeness (QED) is 0.439. The van der Waals surface area contributed by atoms with Gasteiger partial charge in [-0.05, 0) is 29.7 Å².